The van der Waals surface area contributed by atoms with Crippen LogP contribution in [-0.4, -0.2) is 27.0 Å². The summed E-state index contributed by atoms with van der Waals surface area (Å²) in [6.45, 7) is 0.170. The van der Waals surface area contributed by atoms with Crippen molar-refractivity contribution < 1.29 is 27.8 Å². The lowest BCUT2D eigenvalue weighted by Gasteiger charge is -2.15. The Kier molecular flexibility index (Phi) is 4.92. The summed E-state index contributed by atoms with van der Waals surface area (Å²) in [5, 5.41) is 12.7. The zero-order chi connectivity index (χ0) is 17.0. The van der Waals surface area contributed by atoms with Crippen LogP contribution in [-0.2, 0) is 17.9 Å². The molecule has 1 aromatic heterocycles. The first-order valence-corrected chi connectivity index (χ1v) is 6.80. The van der Waals surface area contributed by atoms with Crippen LogP contribution >= 0.6 is 0 Å². The number of carboxylic acid groups (broad SMARTS) is 1. The molecule has 1 heterocycles. The number of hydrogen-bond donors (Lipinski definition) is 1. The average molecular weight is 328 g/mol. The van der Waals surface area contributed by atoms with Gasteiger partial charge in [-0.05, 0) is 19.1 Å². The number of hydrogen-bond acceptors (Lipinski definition) is 3. The molecule has 0 spiro atoms. The second-order valence-electron chi connectivity index (χ2n) is 4.98. The Labute approximate surface area is 130 Å². The third-order valence-corrected chi connectivity index (χ3v) is 3.27. The van der Waals surface area contributed by atoms with E-state index >= 15 is 0 Å². The van der Waals surface area contributed by atoms with Crippen molar-refractivity contribution in [2.24, 2.45) is 0 Å². The highest BCUT2D eigenvalue weighted by atomic mass is 19.4. The second kappa shape index (κ2) is 6.72. The van der Waals surface area contributed by atoms with E-state index in [-0.39, 0.29) is 12.3 Å². The van der Waals surface area contributed by atoms with E-state index in [0.717, 1.165) is 4.68 Å². The van der Waals surface area contributed by atoms with Gasteiger partial charge in [0, 0.05) is 11.8 Å². The van der Waals surface area contributed by atoms with Crippen molar-refractivity contribution in [1.82, 2.24) is 9.78 Å². The van der Waals surface area contributed by atoms with Crippen LogP contribution in [0.5, 0.6) is 5.75 Å². The van der Waals surface area contributed by atoms with Crippen LogP contribution in [0.3, 0.4) is 0 Å². The van der Waals surface area contributed by atoms with Gasteiger partial charge in [0.05, 0.1) is 11.6 Å². The van der Waals surface area contributed by atoms with Gasteiger partial charge in [0.2, 0.25) is 0 Å². The molecule has 0 aliphatic heterocycles. The maximum atomic E-state index is 12.5. The Hall–Kier alpha value is -2.51. The first-order chi connectivity index (χ1) is 10.8. The van der Waals surface area contributed by atoms with Crippen molar-refractivity contribution in [3.63, 3.8) is 0 Å². The molecule has 0 aliphatic carbocycles. The minimum absolute atomic E-state index is 0.139. The van der Waals surface area contributed by atoms with E-state index in [4.69, 9.17) is 9.84 Å². The van der Waals surface area contributed by atoms with Crippen molar-refractivity contribution in [3.8, 4) is 5.75 Å². The molecule has 2 rings (SSSR count). The summed E-state index contributed by atoms with van der Waals surface area (Å²) >= 11 is 0. The quantitative estimate of drug-likeness (QED) is 0.884. The van der Waals surface area contributed by atoms with Crippen molar-refractivity contribution in [3.05, 3.63) is 47.8 Å². The fraction of sp³-hybridized carbons (Fsp3) is 0.333. The number of para-hydroxylation sites is 1. The average Bonchev–Trinajstić information content (AvgIpc) is 2.89. The molecule has 0 bridgehead atoms. The Morgan fingerprint density at radius 2 is 2.04 bits per heavy atom. The van der Waals surface area contributed by atoms with E-state index < -0.39 is 24.6 Å². The van der Waals surface area contributed by atoms with Crippen molar-refractivity contribution in [2.45, 2.75) is 32.2 Å². The largest absolute Gasteiger partial charge is 0.487 e. The van der Waals surface area contributed by atoms with Gasteiger partial charge in [-0.15, -0.1) is 0 Å². The fourth-order valence-corrected chi connectivity index (χ4v) is 2.05. The van der Waals surface area contributed by atoms with Crippen LogP contribution < -0.4 is 4.74 Å². The maximum absolute atomic E-state index is 12.5. The number of aromatic nitrogens is 2. The van der Waals surface area contributed by atoms with Crippen LogP contribution in [0, 0.1) is 0 Å². The zero-order valence-corrected chi connectivity index (χ0v) is 12.2. The van der Waals surface area contributed by atoms with Crippen LogP contribution in [0.25, 0.3) is 0 Å². The molecule has 1 unspecified atom stereocenters. The molecule has 124 valence electrons. The molecule has 1 N–H and O–H groups in total. The van der Waals surface area contributed by atoms with Gasteiger partial charge in [0.1, 0.15) is 18.9 Å². The Balaban J connectivity index is 2.14. The molecule has 1 atom stereocenters. The normalized spacial score (nSPS) is 12.9. The highest BCUT2D eigenvalue weighted by Gasteiger charge is 2.29. The van der Waals surface area contributed by atoms with Gasteiger partial charge in [0.25, 0.3) is 0 Å². The molecule has 8 heteroatoms. The highest BCUT2D eigenvalue weighted by Crippen LogP contribution is 2.27. The zero-order valence-electron chi connectivity index (χ0n) is 12.2. The number of halogens is 3. The molecular formula is C15H15F3N2O3. The molecule has 0 radical (unpaired) electrons. The van der Waals surface area contributed by atoms with Gasteiger partial charge >= 0.3 is 12.1 Å². The number of rotatable bonds is 6. The number of carbonyl (C=O) groups is 1. The third kappa shape index (κ3) is 4.48. The van der Waals surface area contributed by atoms with E-state index in [1.165, 1.54) is 19.2 Å². The van der Waals surface area contributed by atoms with Crippen molar-refractivity contribution in [2.75, 3.05) is 0 Å². The van der Waals surface area contributed by atoms with Gasteiger partial charge in [0.15, 0.2) is 0 Å². The lowest BCUT2D eigenvalue weighted by Crippen LogP contribution is -2.21. The first-order valence-electron chi connectivity index (χ1n) is 6.80. The van der Waals surface area contributed by atoms with Gasteiger partial charge < -0.3 is 9.84 Å². The molecule has 0 fully saturated rings. The first kappa shape index (κ1) is 16.9. The van der Waals surface area contributed by atoms with Gasteiger partial charge in [-0.3, -0.25) is 9.48 Å². The Morgan fingerprint density at radius 1 is 1.35 bits per heavy atom. The molecule has 0 aliphatic rings. The number of aliphatic carboxylic acids is 1. The number of benzene rings is 1. The highest BCUT2D eigenvalue weighted by molar-refractivity contribution is 5.76. The topological polar surface area (TPSA) is 64.3 Å². The van der Waals surface area contributed by atoms with E-state index in [2.05, 4.69) is 5.10 Å². The summed E-state index contributed by atoms with van der Waals surface area (Å²) in [7, 11) is 0. The molecule has 0 saturated carbocycles. The molecule has 0 amide bonds. The van der Waals surface area contributed by atoms with E-state index in [1.54, 1.807) is 24.3 Å². The summed E-state index contributed by atoms with van der Waals surface area (Å²) in [5.41, 5.74) is 0.710. The van der Waals surface area contributed by atoms with E-state index in [9.17, 15) is 18.0 Å². The summed E-state index contributed by atoms with van der Waals surface area (Å²) in [4.78, 5) is 11.1. The molecular weight excluding hydrogens is 313 g/mol. The smallest absolute Gasteiger partial charge is 0.408 e. The minimum atomic E-state index is -4.38. The number of ether oxygens (including phenoxy) is 1. The van der Waals surface area contributed by atoms with Crippen LogP contribution in [0.15, 0.2) is 36.5 Å². The maximum Gasteiger partial charge on any atom is 0.408 e. The monoisotopic (exact) mass is 328 g/mol. The molecule has 5 nitrogen and oxygen atoms in total. The SMILES string of the molecule is CC(C(=O)O)c1ccccc1OCc1ccnn1CC(F)(F)F. The lowest BCUT2D eigenvalue weighted by molar-refractivity contribution is -0.143. The fourth-order valence-electron chi connectivity index (χ4n) is 2.05. The summed E-state index contributed by atoms with van der Waals surface area (Å²) in [5.74, 6) is -1.48. The second-order valence-corrected chi connectivity index (χ2v) is 4.98. The van der Waals surface area contributed by atoms with Gasteiger partial charge in [-0.2, -0.15) is 18.3 Å². The number of carboxylic acids is 1. The summed E-state index contributed by atoms with van der Waals surface area (Å²) in [6.07, 6.45) is -3.12. The predicted molar refractivity (Wildman–Crippen MR) is 75.1 cm³/mol. The van der Waals surface area contributed by atoms with Crippen LogP contribution in [0.1, 0.15) is 24.1 Å². The van der Waals surface area contributed by atoms with Crippen molar-refractivity contribution >= 4 is 5.97 Å². The van der Waals surface area contributed by atoms with Crippen LogP contribution in [0.4, 0.5) is 13.2 Å². The summed E-state index contributed by atoms with van der Waals surface area (Å²) in [6, 6.07) is 7.96. The van der Waals surface area contributed by atoms with Crippen LogP contribution in [0.2, 0.25) is 0 Å². The van der Waals surface area contributed by atoms with Crippen molar-refractivity contribution in [1.29, 1.82) is 0 Å². The molecule has 0 saturated heterocycles. The number of nitrogens with zero attached hydrogens (tertiary/aromatic N) is 2. The molecule has 2 aromatic rings. The van der Waals surface area contributed by atoms with E-state index in [1.807, 2.05) is 0 Å². The molecule has 23 heavy (non-hydrogen) atoms. The number of alkyl halides is 3. The van der Waals surface area contributed by atoms with Gasteiger partial charge in [-0.1, -0.05) is 18.2 Å². The standard InChI is InChI=1S/C15H15F3N2O3/c1-10(14(21)22)12-4-2-3-5-13(12)23-8-11-6-7-19-20(11)9-15(16,17)18/h2-7,10H,8-9H2,1H3,(H,21,22). The minimum Gasteiger partial charge on any atom is -0.487 e. The van der Waals surface area contributed by atoms with E-state index in [0.29, 0.717) is 11.3 Å². The molecule has 1 aromatic carbocycles. The third-order valence-electron chi connectivity index (χ3n) is 3.27. The Morgan fingerprint density at radius 3 is 2.70 bits per heavy atom. The Bertz CT molecular complexity index is 683. The lowest BCUT2D eigenvalue weighted by atomic mass is 10.0. The summed E-state index contributed by atoms with van der Waals surface area (Å²) < 4.78 is 43.7. The van der Waals surface area contributed by atoms with Gasteiger partial charge in [-0.25, -0.2) is 0 Å². The predicted octanol–water partition coefficient (Wildman–Crippen LogP) is 3.21.